The molecule has 0 saturated heterocycles. The van der Waals surface area contributed by atoms with Gasteiger partial charge in [0, 0.05) is 71.7 Å². The molecule has 10 nitrogen and oxygen atoms in total. The van der Waals surface area contributed by atoms with E-state index in [9.17, 15) is 27.4 Å². The number of benzene rings is 5. The highest BCUT2D eigenvalue weighted by atomic mass is 32.2. The summed E-state index contributed by atoms with van der Waals surface area (Å²) in [6.45, 7) is 15.1. The zero-order valence-corrected chi connectivity index (χ0v) is 40.3. The summed E-state index contributed by atoms with van der Waals surface area (Å²) in [5, 5.41) is 8.37. The minimum Gasteiger partial charge on any atom is -0.356 e. The average Bonchev–Trinajstić information content (AvgIpc) is 3.66. The van der Waals surface area contributed by atoms with Crippen LogP contribution in [0.4, 0.5) is 11.4 Å². The molecule has 2 aliphatic rings. The van der Waals surface area contributed by atoms with Gasteiger partial charge in [0.25, 0.3) is 10.1 Å². The molecule has 5 aromatic carbocycles. The van der Waals surface area contributed by atoms with Crippen LogP contribution in [-0.2, 0) is 37.0 Å². The van der Waals surface area contributed by atoms with Crippen LogP contribution in [0.3, 0.4) is 0 Å². The van der Waals surface area contributed by atoms with Crippen LogP contribution in [0.5, 0.6) is 0 Å². The number of ketones is 1. The van der Waals surface area contributed by atoms with Gasteiger partial charge in [0.15, 0.2) is 11.5 Å². The van der Waals surface area contributed by atoms with Gasteiger partial charge in [0.05, 0.1) is 23.5 Å². The number of likely N-dealkylation sites (N-methyl/N-ethyl adjacent to an activating group) is 1. The van der Waals surface area contributed by atoms with E-state index in [1.165, 1.54) is 21.9 Å². The number of fused-ring (bicyclic) bond motifs is 4. The van der Waals surface area contributed by atoms with Crippen molar-refractivity contribution in [3.63, 3.8) is 0 Å². The molecule has 0 spiro atoms. The van der Waals surface area contributed by atoms with Gasteiger partial charge in [0.2, 0.25) is 17.5 Å². The number of carbonyl (C=O) groups excluding carboxylic acids is 3. The maximum absolute atomic E-state index is 13.1. The van der Waals surface area contributed by atoms with Gasteiger partial charge in [-0.1, -0.05) is 117 Å². The lowest BCUT2D eigenvalue weighted by Gasteiger charge is -2.25. The van der Waals surface area contributed by atoms with Crippen molar-refractivity contribution >= 4 is 55.6 Å². The maximum atomic E-state index is 13.1. The van der Waals surface area contributed by atoms with Crippen LogP contribution in [-0.4, -0.2) is 72.8 Å². The molecule has 5 aromatic rings. The van der Waals surface area contributed by atoms with Crippen molar-refractivity contribution in [2.24, 2.45) is 0 Å². The molecule has 3 N–H and O–H groups in total. The van der Waals surface area contributed by atoms with E-state index in [1.807, 2.05) is 43.3 Å². The molecular weight excluding hydrogens is 857 g/mol. The Morgan fingerprint density at radius 3 is 2.27 bits per heavy atom. The molecule has 0 radical (unpaired) electrons. The average molecular weight is 920 g/mol. The molecule has 7 rings (SSSR count). The second-order valence-corrected chi connectivity index (χ2v) is 20.1. The Balaban J connectivity index is 0.950. The summed E-state index contributed by atoms with van der Waals surface area (Å²) in [7, 11) is -4.02. The maximum Gasteiger partial charge on any atom is 0.264 e. The van der Waals surface area contributed by atoms with E-state index in [-0.39, 0.29) is 40.6 Å². The third kappa shape index (κ3) is 10.9. The number of hydrogen-bond acceptors (Lipinski definition) is 6. The number of unbranched alkanes of at least 4 members (excludes halogenated alkanes) is 1. The van der Waals surface area contributed by atoms with Crippen LogP contribution in [0.25, 0.3) is 10.8 Å². The summed E-state index contributed by atoms with van der Waals surface area (Å²) in [4.78, 5) is 41.4. The summed E-state index contributed by atoms with van der Waals surface area (Å²) in [5.41, 5.74) is 9.16. The highest BCUT2D eigenvalue weighted by Crippen LogP contribution is 2.48. The van der Waals surface area contributed by atoms with Crippen molar-refractivity contribution in [1.29, 1.82) is 0 Å². The molecule has 0 aromatic heterocycles. The Hall–Kier alpha value is -6.43. The SMILES string of the molecule is CCN1/C(=C/C=C/C=C/C2=[N+](CCCCS(=O)(=O)O)c3ccc4ccccc4c3C2(C)C)C(C)(C)c2cc(CC(=O)NCCCNC(=O)[C@@H](C)c3cccc(C(=O)c4ccccc4)c3)ccc21. The lowest BCUT2D eigenvalue weighted by molar-refractivity contribution is -0.438. The molecule has 67 heavy (non-hydrogen) atoms. The fraction of sp³-hybridized carbons (Fsp3) is 0.321. The van der Waals surface area contributed by atoms with E-state index in [4.69, 9.17) is 0 Å². The quantitative estimate of drug-likeness (QED) is 0.0247. The van der Waals surface area contributed by atoms with Crippen LogP contribution in [0.2, 0.25) is 0 Å². The normalized spacial score (nSPS) is 16.2. The predicted octanol–water partition coefficient (Wildman–Crippen LogP) is 9.90. The summed E-state index contributed by atoms with van der Waals surface area (Å²) >= 11 is 0. The number of nitrogens with one attached hydrogen (secondary N) is 2. The number of anilines is 1. The van der Waals surface area contributed by atoms with Crippen LogP contribution in [0.1, 0.15) is 105 Å². The van der Waals surface area contributed by atoms with Crippen LogP contribution >= 0.6 is 0 Å². The first kappa shape index (κ1) is 48.5. The summed E-state index contributed by atoms with van der Waals surface area (Å²) in [6, 6.07) is 35.3. The Morgan fingerprint density at radius 2 is 1.51 bits per heavy atom. The first-order valence-corrected chi connectivity index (χ1v) is 24.9. The molecule has 0 unspecified atom stereocenters. The summed E-state index contributed by atoms with van der Waals surface area (Å²) in [6.07, 6.45) is 12.3. The number of hydrogen-bond donors (Lipinski definition) is 3. The number of amides is 2. The predicted molar refractivity (Wildman–Crippen MR) is 270 cm³/mol. The molecule has 11 heteroatoms. The van der Waals surface area contributed by atoms with Gasteiger partial charge in [0.1, 0.15) is 6.54 Å². The second-order valence-electron chi connectivity index (χ2n) is 18.6. The zero-order valence-electron chi connectivity index (χ0n) is 39.5. The summed E-state index contributed by atoms with van der Waals surface area (Å²) < 4.78 is 34.6. The highest BCUT2D eigenvalue weighted by molar-refractivity contribution is 7.85. The Bertz CT molecular complexity index is 2910. The van der Waals surface area contributed by atoms with Gasteiger partial charge in [-0.25, -0.2) is 0 Å². The molecule has 2 aliphatic heterocycles. The van der Waals surface area contributed by atoms with Gasteiger partial charge in [-0.05, 0) is 92.3 Å². The molecule has 348 valence electrons. The van der Waals surface area contributed by atoms with E-state index in [0.717, 1.165) is 40.5 Å². The standard InChI is InChI=1S/C56H62N4O6S/c1-7-59-47-30-28-40(37-51(61)57-32-19-33-58-54(63)39(2)43-23-18-24-44(38-43)53(62)42-21-10-8-11-22-42)36-46(47)55(3,4)49(59)26-12-9-13-27-50-56(5,6)52-45-25-15-14-20-41(45)29-31-48(52)60(50)34-16-17-35-67(64,65)66/h8-15,18,20-31,36,38-39H,7,16-17,19,32-35,37H2,1-6H3,(H2-,57,58,61,63,64,65,66)/p+1/t39-/m0/s1. The third-order valence-electron chi connectivity index (χ3n) is 13.2. The van der Waals surface area contributed by atoms with E-state index in [1.54, 1.807) is 30.3 Å². The van der Waals surface area contributed by atoms with Crippen molar-refractivity contribution in [2.45, 2.75) is 84.0 Å². The molecule has 0 saturated carbocycles. The first-order valence-electron chi connectivity index (χ1n) is 23.3. The molecule has 0 fully saturated rings. The van der Waals surface area contributed by atoms with Crippen LogP contribution in [0.15, 0.2) is 145 Å². The van der Waals surface area contributed by atoms with E-state index >= 15 is 0 Å². The molecular formula is C56H63N4O6S+. The number of carbonyl (C=O) groups is 3. The largest absolute Gasteiger partial charge is 0.356 e. The zero-order chi connectivity index (χ0) is 47.9. The number of rotatable bonds is 19. The monoisotopic (exact) mass is 919 g/mol. The molecule has 2 heterocycles. The molecule has 0 aliphatic carbocycles. The minimum absolute atomic E-state index is 0.0792. The smallest absolute Gasteiger partial charge is 0.264 e. The lowest BCUT2D eigenvalue weighted by Crippen LogP contribution is -2.32. The fourth-order valence-corrected chi connectivity index (χ4v) is 10.2. The van der Waals surface area contributed by atoms with E-state index in [2.05, 4.69) is 128 Å². The Kier molecular flexibility index (Phi) is 14.9. The second kappa shape index (κ2) is 20.6. The van der Waals surface area contributed by atoms with Crippen molar-refractivity contribution in [2.75, 3.05) is 36.8 Å². The van der Waals surface area contributed by atoms with Gasteiger partial charge in [-0.2, -0.15) is 13.0 Å². The Labute approximate surface area is 396 Å². The fourth-order valence-electron chi connectivity index (χ4n) is 9.65. The van der Waals surface area contributed by atoms with E-state index < -0.39 is 16.0 Å². The molecule has 2 amide bonds. The number of allylic oxidation sites excluding steroid dienone is 6. The van der Waals surface area contributed by atoms with Gasteiger partial charge in [-0.3, -0.25) is 18.9 Å². The van der Waals surface area contributed by atoms with Gasteiger partial charge < -0.3 is 15.5 Å². The van der Waals surface area contributed by atoms with E-state index in [0.29, 0.717) is 50.0 Å². The van der Waals surface area contributed by atoms with Crippen molar-refractivity contribution in [3.8, 4) is 0 Å². The van der Waals surface area contributed by atoms with Gasteiger partial charge in [-0.15, -0.1) is 0 Å². The number of nitrogens with zero attached hydrogens (tertiary/aromatic N) is 2. The first-order chi connectivity index (χ1) is 32.0. The molecule has 1 atom stereocenters. The van der Waals surface area contributed by atoms with Crippen LogP contribution in [0, 0.1) is 0 Å². The van der Waals surface area contributed by atoms with Crippen molar-refractivity contribution < 1.29 is 31.9 Å². The Morgan fingerprint density at radius 1 is 0.776 bits per heavy atom. The summed E-state index contributed by atoms with van der Waals surface area (Å²) in [5.74, 6) is -0.999. The highest BCUT2D eigenvalue weighted by Gasteiger charge is 2.45. The van der Waals surface area contributed by atoms with Crippen LogP contribution < -0.4 is 15.5 Å². The molecule has 0 bridgehead atoms. The minimum atomic E-state index is -4.02. The van der Waals surface area contributed by atoms with Crippen molar-refractivity contribution in [1.82, 2.24) is 10.6 Å². The lowest BCUT2D eigenvalue weighted by atomic mass is 9.79. The van der Waals surface area contributed by atoms with Gasteiger partial charge >= 0.3 is 0 Å². The third-order valence-corrected chi connectivity index (χ3v) is 14.0. The van der Waals surface area contributed by atoms with Crippen molar-refractivity contribution in [3.05, 3.63) is 179 Å². The topological polar surface area (TPSA) is 136 Å².